The van der Waals surface area contributed by atoms with E-state index in [2.05, 4.69) is 4.98 Å². The summed E-state index contributed by atoms with van der Waals surface area (Å²) in [4.78, 5) is 3.73. The second-order valence-corrected chi connectivity index (χ2v) is 3.95. The van der Waals surface area contributed by atoms with Crippen molar-refractivity contribution in [3.8, 4) is 5.88 Å². The Morgan fingerprint density at radius 1 is 1.46 bits per heavy atom. The molecular weight excluding hydrogens is 206 g/mol. The van der Waals surface area contributed by atoms with Crippen molar-refractivity contribution in [2.24, 2.45) is 0 Å². The molecule has 13 heavy (non-hydrogen) atoms. The molecular formula is C9H8ClNOS. The number of nitrogens with one attached hydrogen (secondary N) is 1. The Labute approximate surface area is 84.9 Å². The molecule has 0 radical (unpaired) electrons. The van der Waals surface area contributed by atoms with Gasteiger partial charge in [-0.2, -0.15) is 0 Å². The SMILES string of the molecule is CSc1c(O)[nH]c2ccc(Cl)cc12. The Bertz CT molecular complexity index is 452. The minimum absolute atomic E-state index is 0.213. The number of halogens is 1. The van der Waals surface area contributed by atoms with E-state index in [1.807, 2.05) is 18.4 Å². The van der Waals surface area contributed by atoms with Crippen molar-refractivity contribution in [2.45, 2.75) is 4.90 Å². The molecule has 2 rings (SSSR count). The molecule has 0 bridgehead atoms. The van der Waals surface area contributed by atoms with Crippen molar-refractivity contribution in [1.29, 1.82) is 0 Å². The summed E-state index contributed by atoms with van der Waals surface area (Å²) in [5, 5.41) is 11.2. The zero-order valence-corrected chi connectivity index (χ0v) is 8.54. The third-order valence-electron chi connectivity index (χ3n) is 1.90. The van der Waals surface area contributed by atoms with Crippen LogP contribution < -0.4 is 0 Å². The van der Waals surface area contributed by atoms with E-state index in [-0.39, 0.29) is 5.88 Å². The molecule has 1 aromatic heterocycles. The molecule has 68 valence electrons. The molecule has 0 spiro atoms. The van der Waals surface area contributed by atoms with Crippen molar-refractivity contribution in [1.82, 2.24) is 4.98 Å². The van der Waals surface area contributed by atoms with E-state index in [1.54, 1.807) is 6.07 Å². The zero-order chi connectivity index (χ0) is 9.42. The highest BCUT2D eigenvalue weighted by Gasteiger charge is 2.09. The van der Waals surface area contributed by atoms with Gasteiger partial charge in [-0.05, 0) is 24.5 Å². The number of hydrogen-bond donors (Lipinski definition) is 2. The smallest absolute Gasteiger partial charge is 0.203 e. The van der Waals surface area contributed by atoms with Crippen LogP contribution in [0.1, 0.15) is 0 Å². The number of benzene rings is 1. The topological polar surface area (TPSA) is 36.0 Å². The van der Waals surface area contributed by atoms with Crippen LogP contribution in [0, 0.1) is 0 Å². The molecule has 0 saturated heterocycles. The van der Waals surface area contributed by atoms with Gasteiger partial charge in [0, 0.05) is 15.9 Å². The Hall–Kier alpha value is -0.800. The van der Waals surface area contributed by atoms with Crippen molar-refractivity contribution in [2.75, 3.05) is 6.26 Å². The first-order chi connectivity index (χ1) is 6.22. The predicted octanol–water partition coefficient (Wildman–Crippen LogP) is 3.25. The van der Waals surface area contributed by atoms with E-state index in [9.17, 15) is 5.11 Å². The van der Waals surface area contributed by atoms with Gasteiger partial charge in [0.2, 0.25) is 5.88 Å². The van der Waals surface area contributed by atoms with Crippen LogP contribution in [-0.4, -0.2) is 16.3 Å². The number of aromatic nitrogens is 1. The normalized spacial score (nSPS) is 10.9. The van der Waals surface area contributed by atoms with Crippen molar-refractivity contribution >= 4 is 34.3 Å². The molecule has 2 nitrogen and oxygen atoms in total. The lowest BCUT2D eigenvalue weighted by atomic mass is 10.2. The van der Waals surface area contributed by atoms with Gasteiger partial charge < -0.3 is 10.1 Å². The van der Waals surface area contributed by atoms with E-state index in [0.29, 0.717) is 5.02 Å². The lowest BCUT2D eigenvalue weighted by Crippen LogP contribution is -1.68. The summed E-state index contributed by atoms with van der Waals surface area (Å²) in [5.74, 6) is 0.213. The average molecular weight is 214 g/mol. The first kappa shape index (κ1) is 8.78. The van der Waals surface area contributed by atoms with E-state index >= 15 is 0 Å². The van der Waals surface area contributed by atoms with Crippen molar-refractivity contribution < 1.29 is 5.11 Å². The molecule has 0 aliphatic rings. The molecule has 2 aromatic rings. The molecule has 0 fully saturated rings. The van der Waals surface area contributed by atoms with Crippen LogP contribution in [0.5, 0.6) is 5.88 Å². The third kappa shape index (κ3) is 1.38. The molecule has 1 heterocycles. The van der Waals surface area contributed by atoms with Gasteiger partial charge in [0.1, 0.15) is 0 Å². The Morgan fingerprint density at radius 2 is 2.23 bits per heavy atom. The van der Waals surface area contributed by atoms with Gasteiger partial charge in [-0.25, -0.2) is 0 Å². The monoisotopic (exact) mass is 213 g/mol. The van der Waals surface area contributed by atoms with Crippen LogP contribution in [0.25, 0.3) is 10.9 Å². The average Bonchev–Trinajstić information content (AvgIpc) is 2.40. The van der Waals surface area contributed by atoms with E-state index in [4.69, 9.17) is 11.6 Å². The molecule has 4 heteroatoms. The number of hydrogen-bond acceptors (Lipinski definition) is 2. The molecule has 0 atom stereocenters. The van der Waals surface area contributed by atoms with Crippen LogP contribution >= 0.6 is 23.4 Å². The zero-order valence-electron chi connectivity index (χ0n) is 6.97. The third-order valence-corrected chi connectivity index (χ3v) is 2.96. The second-order valence-electron chi connectivity index (χ2n) is 2.70. The summed E-state index contributed by atoms with van der Waals surface area (Å²) in [6.45, 7) is 0. The lowest BCUT2D eigenvalue weighted by molar-refractivity contribution is 0.446. The van der Waals surface area contributed by atoms with Crippen molar-refractivity contribution in [3.63, 3.8) is 0 Å². The van der Waals surface area contributed by atoms with Crippen molar-refractivity contribution in [3.05, 3.63) is 23.2 Å². The maximum atomic E-state index is 9.51. The molecule has 0 amide bonds. The maximum Gasteiger partial charge on any atom is 0.203 e. The Kier molecular flexibility index (Phi) is 2.14. The Morgan fingerprint density at radius 3 is 2.92 bits per heavy atom. The van der Waals surface area contributed by atoms with E-state index in [0.717, 1.165) is 15.8 Å². The van der Waals surface area contributed by atoms with Gasteiger partial charge in [0.15, 0.2) is 0 Å². The van der Waals surface area contributed by atoms with Gasteiger partial charge in [-0.15, -0.1) is 11.8 Å². The second kappa shape index (κ2) is 3.16. The highest BCUT2D eigenvalue weighted by atomic mass is 35.5. The molecule has 2 N–H and O–H groups in total. The number of aromatic amines is 1. The van der Waals surface area contributed by atoms with E-state index in [1.165, 1.54) is 11.8 Å². The van der Waals surface area contributed by atoms with Gasteiger partial charge >= 0.3 is 0 Å². The lowest BCUT2D eigenvalue weighted by Gasteiger charge is -1.93. The van der Waals surface area contributed by atoms with Crippen LogP contribution in [0.4, 0.5) is 0 Å². The minimum atomic E-state index is 0.213. The van der Waals surface area contributed by atoms with Crippen LogP contribution in [-0.2, 0) is 0 Å². The quantitative estimate of drug-likeness (QED) is 0.714. The fourth-order valence-corrected chi connectivity index (χ4v) is 2.14. The van der Waals surface area contributed by atoms with Gasteiger partial charge in [0.25, 0.3) is 0 Å². The molecule has 1 aromatic carbocycles. The van der Waals surface area contributed by atoms with E-state index < -0.39 is 0 Å². The number of fused-ring (bicyclic) bond motifs is 1. The fourth-order valence-electron chi connectivity index (χ4n) is 1.33. The molecule has 0 saturated carbocycles. The highest BCUT2D eigenvalue weighted by molar-refractivity contribution is 7.99. The summed E-state index contributed by atoms with van der Waals surface area (Å²) in [5.41, 5.74) is 0.909. The maximum absolute atomic E-state index is 9.51. The van der Waals surface area contributed by atoms with Crippen LogP contribution in [0.3, 0.4) is 0 Å². The summed E-state index contributed by atoms with van der Waals surface area (Å²) < 4.78 is 0. The first-order valence-corrected chi connectivity index (χ1v) is 5.37. The Balaban J connectivity index is 2.80. The van der Waals surface area contributed by atoms with Gasteiger partial charge in [-0.1, -0.05) is 11.6 Å². The van der Waals surface area contributed by atoms with Crippen LogP contribution in [0.15, 0.2) is 23.1 Å². The fraction of sp³-hybridized carbons (Fsp3) is 0.111. The number of rotatable bonds is 1. The number of aromatic hydroxyl groups is 1. The van der Waals surface area contributed by atoms with Crippen LogP contribution in [0.2, 0.25) is 5.02 Å². The highest BCUT2D eigenvalue weighted by Crippen LogP contribution is 2.35. The molecule has 0 aliphatic carbocycles. The predicted molar refractivity (Wildman–Crippen MR) is 56.8 cm³/mol. The van der Waals surface area contributed by atoms with Gasteiger partial charge in [0.05, 0.1) is 4.90 Å². The standard InChI is InChI=1S/C9H8ClNOS/c1-13-8-6-4-5(10)2-3-7(6)11-9(8)12/h2-4,11-12H,1H3. The number of thioether (sulfide) groups is 1. The first-order valence-electron chi connectivity index (χ1n) is 3.76. The summed E-state index contributed by atoms with van der Waals surface area (Å²) in [6.07, 6.45) is 1.92. The largest absolute Gasteiger partial charge is 0.494 e. The molecule has 0 aliphatic heterocycles. The number of H-pyrrole nitrogens is 1. The summed E-state index contributed by atoms with van der Waals surface area (Å²) in [7, 11) is 0. The molecule has 0 unspecified atom stereocenters. The summed E-state index contributed by atoms with van der Waals surface area (Å²) >= 11 is 7.35. The summed E-state index contributed by atoms with van der Waals surface area (Å²) in [6, 6.07) is 5.50. The minimum Gasteiger partial charge on any atom is -0.494 e. The van der Waals surface area contributed by atoms with Gasteiger partial charge in [-0.3, -0.25) is 0 Å².